The molecule has 0 spiro atoms. The number of hydrogen-bond acceptors (Lipinski definition) is 8. The SMILES string of the molecule is COc1cc(/C=C/C(=O)N[C@@H]2O[C@H](CO)[C@@H](O)[C@H](O)[C@H]2O)cc(OC)c1. The number of aliphatic hydroxyl groups excluding tert-OH is 4. The molecule has 1 aliphatic rings. The van der Waals surface area contributed by atoms with E-state index in [0.29, 0.717) is 17.1 Å². The quantitative estimate of drug-likeness (QED) is 0.388. The molecule has 1 aliphatic heterocycles. The highest BCUT2D eigenvalue weighted by molar-refractivity contribution is 5.92. The molecule has 0 unspecified atom stereocenters. The summed E-state index contributed by atoms with van der Waals surface area (Å²) < 4.78 is 15.5. The van der Waals surface area contributed by atoms with E-state index in [1.54, 1.807) is 18.2 Å². The smallest absolute Gasteiger partial charge is 0.246 e. The highest BCUT2D eigenvalue weighted by Crippen LogP contribution is 2.23. The van der Waals surface area contributed by atoms with Crippen molar-refractivity contribution < 1.29 is 39.4 Å². The van der Waals surface area contributed by atoms with Gasteiger partial charge in [0.1, 0.15) is 35.9 Å². The van der Waals surface area contributed by atoms with Gasteiger partial charge in [0, 0.05) is 12.1 Å². The maximum atomic E-state index is 12.1. The molecule has 1 saturated heterocycles. The molecule has 1 aromatic carbocycles. The third-order valence-electron chi connectivity index (χ3n) is 3.98. The van der Waals surface area contributed by atoms with Gasteiger partial charge in [0.25, 0.3) is 0 Å². The number of rotatable bonds is 6. The van der Waals surface area contributed by atoms with Crippen LogP contribution in [0.4, 0.5) is 0 Å². The molecular weight excluding hydrogens is 346 g/mol. The summed E-state index contributed by atoms with van der Waals surface area (Å²) in [5, 5.41) is 40.8. The third kappa shape index (κ3) is 4.71. The Bertz CT molecular complexity index is 625. The fourth-order valence-electron chi connectivity index (χ4n) is 2.51. The maximum absolute atomic E-state index is 12.1. The van der Waals surface area contributed by atoms with Crippen molar-refractivity contribution in [1.29, 1.82) is 0 Å². The van der Waals surface area contributed by atoms with Crippen LogP contribution in [0.2, 0.25) is 0 Å². The minimum absolute atomic E-state index is 0.554. The molecule has 0 aromatic heterocycles. The van der Waals surface area contributed by atoms with Crippen LogP contribution in [0.3, 0.4) is 0 Å². The van der Waals surface area contributed by atoms with Crippen molar-refractivity contribution in [3.05, 3.63) is 29.8 Å². The Morgan fingerprint density at radius 2 is 1.73 bits per heavy atom. The Hall–Kier alpha value is -2.17. The van der Waals surface area contributed by atoms with E-state index >= 15 is 0 Å². The number of hydrogen-bond donors (Lipinski definition) is 5. The molecule has 0 bridgehead atoms. The molecule has 1 fully saturated rings. The molecule has 9 heteroatoms. The number of aliphatic hydroxyl groups is 4. The molecular formula is C17H23NO8. The van der Waals surface area contributed by atoms with Crippen LogP contribution in [0.1, 0.15) is 5.56 Å². The van der Waals surface area contributed by atoms with E-state index in [1.165, 1.54) is 26.4 Å². The zero-order valence-electron chi connectivity index (χ0n) is 14.4. The summed E-state index contributed by atoms with van der Waals surface area (Å²) in [6, 6.07) is 5.08. The van der Waals surface area contributed by atoms with Crippen LogP contribution in [-0.4, -0.2) is 77.8 Å². The molecule has 26 heavy (non-hydrogen) atoms. The lowest BCUT2D eigenvalue weighted by Crippen LogP contribution is -2.63. The van der Waals surface area contributed by atoms with Gasteiger partial charge in [-0.25, -0.2) is 0 Å². The van der Waals surface area contributed by atoms with Gasteiger partial charge in [-0.3, -0.25) is 4.79 Å². The Kier molecular flexibility index (Phi) is 6.95. The van der Waals surface area contributed by atoms with Crippen LogP contribution < -0.4 is 14.8 Å². The Morgan fingerprint density at radius 3 is 2.27 bits per heavy atom. The van der Waals surface area contributed by atoms with E-state index in [-0.39, 0.29) is 0 Å². The van der Waals surface area contributed by atoms with Gasteiger partial charge in [0.15, 0.2) is 6.23 Å². The van der Waals surface area contributed by atoms with Crippen molar-refractivity contribution in [2.45, 2.75) is 30.6 Å². The average molecular weight is 369 g/mol. The number of carbonyl (C=O) groups excluding carboxylic acids is 1. The lowest BCUT2D eigenvalue weighted by molar-refractivity contribution is -0.235. The molecule has 9 nitrogen and oxygen atoms in total. The van der Waals surface area contributed by atoms with Crippen LogP contribution in [-0.2, 0) is 9.53 Å². The van der Waals surface area contributed by atoms with Gasteiger partial charge in [-0.1, -0.05) is 0 Å². The topological polar surface area (TPSA) is 138 Å². The molecule has 1 aromatic rings. The zero-order valence-corrected chi connectivity index (χ0v) is 14.4. The second kappa shape index (κ2) is 8.97. The summed E-state index contributed by atoms with van der Waals surface area (Å²) in [6.45, 7) is -0.573. The highest BCUT2D eigenvalue weighted by Gasteiger charge is 2.43. The van der Waals surface area contributed by atoms with Crippen LogP contribution in [0.25, 0.3) is 6.08 Å². The predicted octanol–water partition coefficient (Wildman–Crippen LogP) is -1.37. The van der Waals surface area contributed by atoms with E-state index in [0.717, 1.165) is 0 Å². The first-order chi connectivity index (χ1) is 12.4. The Balaban J connectivity index is 2.05. The molecule has 5 N–H and O–H groups in total. The second-order valence-electron chi connectivity index (χ2n) is 5.74. The summed E-state index contributed by atoms with van der Waals surface area (Å²) in [5.74, 6) is 0.507. The van der Waals surface area contributed by atoms with Gasteiger partial charge in [-0.15, -0.1) is 0 Å². The lowest BCUT2D eigenvalue weighted by atomic mass is 9.98. The van der Waals surface area contributed by atoms with Crippen molar-refractivity contribution in [3.8, 4) is 11.5 Å². The van der Waals surface area contributed by atoms with Gasteiger partial charge in [0.05, 0.1) is 20.8 Å². The van der Waals surface area contributed by atoms with Gasteiger partial charge >= 0.3 is 0 Å². The van der Waals surface area contributed by atoms with Crippen molar-refractivity contribution in [2.24, 2.45) is 0 Å². The fourth-order valence-corrected chi connectivity index (χ4v) is 2.51. The van der Waals surface area contributed by atoms with Crippen molar-refractivity contribution in [2.75, 3.05) is 20.8 Å². The molecule has 1 heterocycles. The number of nitrogens with one attached hydrogen (secondary N) is 1. The first-order valence-corrected chi connectivity index (χ1v) is 7.91. The van der Waals surface area contributed by atoms with Gasteiger partial charge in [0.2, 0.25) is 5.91 Å². The number of carbonyl (C=O) groups is 1. The molecule has 1 amide bonds. The van der Waals surface area contributed by atoms with E-state index in [1.807, 2.05) is 0 Å². The highest BCUT2D eigenvalue weighted by atomic mass is 16.6. The van der Waals surface area contributed by atoms with E-state index < -0.39 is 43.2 Å². The number of ether oxygens (including phenoxy) is 3. The summed E-state index contributed by atoms with van der Waals surface area (Å²) in [6.07, 6.45) is -4.24. The monoisotopic (exact) mass is 369 g/mol. The van der Waals surface area contributed by atoms with Crippen LogP contribution >= 0.6 is 0 Å². The summed E-state index contributed by atoms with van der Waals surface area (Å²) in [4.78, 5) is 12.1. The van der Waals surface area contributed by atoms with E-state index in [4.69, 9.17) is 19.3 Å². The lowest BCUT2D eigenvalue weighted by Gasteiger charge is -2.39. The Morgan fingerprint density at radius 1 is 1.12 bits per heavy atom. The molecule has 0 saturated carbocycles. The predicted molar refractivity (Wildman–Crippen MR) is 90.5 cm³/mol. The third-order valence-corrected chi connectivity index (χ3v) is 3.98. The molecule has 5 atom stereocenters. The van der Waals surface area contributed by atoms with Crippen molar-refractivity contribution >= 4 is 12.0 Å². The summed E-state index contributed by atoms with van der Waals surface area (Å²) in [7, 11) is 3.02. The van der Waals surface area contributed by atoms with Crippen molar-refractivity contribution in [3.63, 3.8) is 0 Å². The average Bonchev–Trinajstić information content (AvgIpc) is 2.66. The maximum Gasteiger partial charge on any atom is 0.246 e. The van der Waals surface area contributed by atoms with Gasteiger partial charge in [-0.05, 0) is 23.8 Å². The van der Waals surface area contributed by atoms with Gasteiger partial charge < -0.3 is 40.0 Å². The van der Waals surface area contributed by atoms with Crippen LogP contribution in [0.5, 0.6) is 11.5 Å². The standard InChI is InChI=1S/C17H23NO8/c1-24-10-5-9(6-11(7-10)25-2)3-4-13(20)18-17-16(23)15(22)14(21)12(8-19)26-17/h3-7,12,14-17,19,21-23H,8H2,1-2H3,(H,18,20)/b4-3+/t12-,14-,15+,16-,17-/m1/s1. The van der Waals surface area contributed by atoms with Crippen molar-refractivity contribution in [1.82, 2.24) is 5.32 Å². The normalized spacial score (nSPS) is 28.8. The minimum Gasteiger partial charge on any atom is -0.497 e. The zero-order chi connectivity index (χ0) is 19.3. The number of amides is 1. The molecule has 0 aliphatic carbocycles. The van der Waals surface area contributed by atoms with E-state index in [9.17, 15) is 20.1 Å². The van der Waals surface area contributed by atoms with Crippen LogP contribution in [0.15, 0.2) is 24.3 Å². The molecule has 144 valence electrons. The fraction of sp³-hybridized carbons (Fsp3) is 0.471. The summed E-state index contributed by atoms with van der Waals surface area (Å²) in [5.41, 5.74) is 0.644. The Labute approximate surface area is 150 Å². The first kappa shape index (κ1) is 20.1. The first-order valence-electron chi connectivity index (χ1n) is 7.91. The largest absolute Gasteiger partial charge is 0.497 e. The molecule has 0 radical (unpaired) electrons. The number of benzene rings is 1. The molecule has 2 rings (SSSR count). The minimum atomic E-state index is -1.56. The second-order valence-corrected chi connectivity index (χ2v) is 5.74. The van der Waals surface area contributed by atoms with E-state index in [2.05, 4.69) is 5.32 Å². The number of methoxy groups -OCH3 is 2. The van der Waals surface area contributed by atoms with Crippen LogP contribution in [0, 0.1) is 0 Å². The summed E-state index contributed by atoms with van der Waals surface area (Å²) >= 11 is 0. The van der Waals surface area contributed by atoms with Gasteiger partial charge in [-0.2, -0.15) is 0 Å².